The molecule has 0 heterocycles. The number of hydrogen-bond donors (Lipinski definition) is 1. The molecule has 1 N–H and O–H groups in total. The molecule has 1 amide bonds. The maximum atomic E-state index is 12.5. The highest BCUT2D eigenvalue weighted by Gasteiger charge is 2.13. The van der Waals surface area contributed by atoms with Crippen LogP contribution in [0.25, 0.3) is 0 Å². The monoisotopic (exact) mass is 426 g/mol. The second-order valence-corrected chi connectivity index (χ2v) is 9.60. The third-order valence-corrected chi connectivity index (χ3v) is 6.62. The lowest BCUT2D eigenvalue weighted by Gasteiger charge is -2.17. The Kier molecular flexibility index (Phi) is 6.61. The molecular weight excluding hydrogens is 404 g/mol. The summed E-state index contributed by atoms with van der Waals surface area (Å²) in [5.41, 5.74) is 2.69. The molecule has 0 aliphatic carbocycles. The van der Waals surface area contributed by atoms with Crippen LogP contribution < -0.4 is 9.62 Å². The summed E-state index contributed by atoms with van der Waals surface area (Å²) in [5, 5.41) is 2.82. The van der Waals surface area contributed by atoms with Crippen LogP contribution in [0.2, 0.25) is 0 Å². The second kappa shape index (κ2) is 9.15. The van der Waals surface area contributed by atoms with E-state index in [2.05, 4.69) is 17.4 Å². The summed E-state index contributed by atoms with van der Waals surface area (Å²) >= 11 is 1.74. The van der Waals surface area contributed by atoms with E-state index in [1.54, 1.807) is 48.2 Å². The van der Waals surface area contributed by atoms with E-state index < -0.39 is 10.0 Å². The number of nitrogens with zero attached hydrogens (tertiary/aromatic N) is 1. The van der Waals surface area contributed by atoms with Gasteiger partial charge in [-0.05, 0) is 48.0 Å². The first-order valence-corrected chi connectivity index (χ1v) is 11.8. The zero-order valence-electron chi connectivity index (χ0n) is 16.2. The first-order chi connectivity index (χ1) is 13.8. The summed E-state index contributed by atoms with van der Waals surface area (Å²) in [4.78, 5) is 13.7. The van der Waals surface area contributed by atoms with E-state index >= 15 is 0 Å². The fourth-order valence-corrected chi connectivity index (χ4v) is 3.98. The Morgan fingerprint density at radius 3 is 2.31 bits per heavy atom. The minimum atomic E-state index is -3.37. The van der Waals surface area contributed by atoms with Gasteiger partial charge in [-0.25, -0.2) is 8.42 Å². The average Bonchev–Trinajstić information content (AvgIpc) is 2.72. The van der Waals surface area contributed by atoms with Crippen molar-refractivity contribution < 1.29 is 13.2 Å². The van der Waals surface area contributed by atoms with E-state index in [1.165, 1.54) is 16.2 Å². The van der Waals surface area contributed by atoms with Gasteiger partial charge in [-0.2, -0.15) is 0 Å². The van der Waals surface area contributed by atoms with Gasteiger partial charge >= 0.3 is 0 Å². The number of sulfonamides is 1. The van der Waals surface area contributed by atoms with Crippen molar-refractivity contribution in [2.45, 2.75) is 10.6 Å². The molecule has 0 fully saturated rings. The first kappa shape index (κ1) is 21.0. The van der Waals surface area contributed by atoms with E-state index in [4.69, 9.17) is 0 Å². The van der Waals surface area contributed by atoms with Crippen LogP contribution in [-0.4, -0.2) is 27.6 Å². The summed E-state index contributed by atoms with van der Waals surface area (Å²) in [5.74, 6) is 0.581. The van der Waals surface area contributed by atoms with Crippen molar-refractivity contribution in [1.29, 1.82) is 0 Å². The molecule has 0 unspecified atom stereocenters. The number of nitrogens with one attached hydrogen (secondary N) is 1. The topological polar surface area (TPSA) is 66.5 Å². The predicted molar refractivity (Wildman–Crippen MR) is 120 cm³/mol. The first-order valence-electron chi connectivity index (χ1n) is 8.95. The minimum absolute atomic E-state index is 0.244. The molecule has 0 aromatic heterocycles. The number of thioether (sulfide) groups is 1. The summed E-state index contributed by atoms with van der Waals surface area (Å²) in [6.45, 7) is 0. The Hall–Kier alpha value is -2.77. The molecule has 7 heteroatoms. The van der Waals surface area contributed by atoms with Gasteiger partial charge in [0.1, 0.15) is 0 Å². The molecule has 0 bridgehead atoms. The van der Waals surface area contributed by atoms with Crippen LogP contribution in [0.5, 0.6) is 0 Å². The number of rotatable bonds is 7. The Morgan fingerprint density at radius 1 is 0.966 bits per heavy atom. The van der Waals surface area contributed by atoms with Gasteiger partial charge in [0.05, 0.1) is 11.9 Å². The maximum absolute atomic E-state index is 12.5. The molecular formula is C22H22N2O3S2. The van der Waals surface area contributed by atoms with Gasteiger partial charge < -0.3 is 5.32 Å². The normalized spacial score (nSPS) is 11.1. The molecule has 3 rings (SSSR count). The second-order valence-electron chi connectivity index (χ2n) is 6.53. The largest absolute Gasteiger partial charge is 0.322 e. The fraction of sp³-hybridized carbons (Fsp3) is 0.136. The third kappa shape index (κ3) is 5.85. The van der Waals surface area contributed by atoms with Crippen LogP contribution >= 0.6 is 11.8 Å². The smallest absolute Gasteiger partial charge is 0.255 e. The van der Waals surface area contributed by atoms with E-state index in [9.17, 15) is 13.2 Å². The van der Waals surface area contributed by atoms with Gasteiger partial charge in [0, 0.05) is 28.9 Å². The Labute approximate surface area is 175 Å². The fourth-order valence-electron chi connectivity index (χ4n) is 2.61. The van der Waals surface area contributed by atoms with Crippen molar-refractivity contribution in [3.8, 4) is 0 Å². The molecule has 3 aromatic carbocycles. The Morgan fingerprint density at radius 2 is 1.66 bits per heavy atom. The molecule has 3 aromatic rings. The van der Waals surface area contributed by atoms with Crippen LogP contribution in [0.3, 0.4) is 0 Å². The molecule has 0 atom stereocenters. The number of benzene rings is 3. The molecule has 150 valence electrons. The molecule has 0 saturated heterocycles. The van der Waals surface area contributed by atoms with Gasteiger partial charge in [-0.15, -0.1) is 11.8 Å². The van der Waals surface area contributed by atoms with Crippen molar-refractivity contribution in [2.75, 3.05) is 22.9 Å². The number of anilines is 2. The van der Waals surface area contributed by atoms with E-state index in [0.717, 1.165) is 17.6 Å². The van der Waals surface area contributed by atoms with Crippen LogP contribution in [0.1, 0.15) is 15.9 Å². The van der Waals surface area contributed by atoms with E-state index in [-0.39, 0.29) is 5.91 Å². The minimum Gasteiger partial charge on any atom is -0.322 e. The van der Waals surface area contributed by atoms with Crippen molar-refractivity contribution in [3.63, 3.8) is 0 Å². The van der Waals surface area contributed by atoms with E-state index in [0.29, 0.717) is 16.9 Å². The lowest BCUT2D eigenvalue weighted by atomic mass is 10.1. The standard InChI is InChI=1S/C22H22N2O3S2/c1-24(29(2,26)27)20-8-6-7-19(15-20)23-22(25)18-13-11-17(12-14-18)16-28-21-9-4-3-5-10-21/h3-15H,16H2,1-2H3,(H,23,25). The molecule has 0 radical (unpaired) electrons. The van der Waals surface area contributed by atoms with Gasteiger partial charge in [0.15, 0.2) is 0 Å². The van der Waals surface area contributed by atoms with Crippen molar-refractivity contribution in [2.24, 2.45) is 0 Å². The van der Waals surface area contributed by atoms with Gasteiger partial charge in [-0.3, -0.25) is 9.10 Å². The molecule has 0 spiro atoms. The van der Waals surface area contributed by atoms with Gasteiger partial charge in [-0.1, -0.05) is 36.4 Å². The van der Waals surface area contributed by atoms with Crippen LogP contribution in [0.15, 0.2) is 83.8 Å². The molecule has 29 heavy (non-hydrogen) atoms. The summed E-state index contributed by atoms with van der Waals surface area (Å²) < 4.78 is 24.6. The zero-order valence-corrected chi connectivity index (χ0v) is 17.8. The highest BCUT2D eigenvalue weighted by molar-refractivity contribution is 7.98. The molecule has 0 aliphatic rings. The van der Waals surface area contributed by atoms with Crippen LogP contribution in [-0.2, 0) is 15.8 Å². The third-order valence-electron chi connectivity index (χ3n) is 4.33. The quantitative estimate of drug-likeness (QED) is 0.560. The maximum Gasteiger partial charge on any atom is 0.255 e. The van der Waals surface area contributed by atoms with Crippen molar-refractivity contribution >= 4 is 39.1 Å². The SMILES string of the molecule is CN(c1cccc(NC(=O)c2ccc(CSc3ccccc3)cc2)c1)S(C)(=O)=O. The summed E-state index contributed by atoms with van der Waals surface area (Å²) in [6.07, 6.45) is 1.13. The number of amides is 1. The summed E-state index contributed by atoms with van der Waals surface area (Å²) in [6, 6.07) is 24.4. The molecule has 5 nitrogen and oxygen atoms in total. The van der Waals surface area contributed by atoms with Crippen LogP contribution in [0.4, 0.5) is 11.4 Å². The predicted octanol–water partition coefficient (Wildman–Crippen LogP) is 4.63. The Bertz CT molecular complexity index is 1080. The lowest BCUT2D eigenvalue weighted by Crippen LogP contribution is -2.24. The zero-order chi connectivity index (χ0) is 20.9. The highest BCUT2D eigenvalue weighted by atomic mass is 32.2. The highest BCUT2D eigenvalue weighted by Crippen LogP contribution is 2.23. The number of hydrogen-bond acceptors (Lipinski definition) is 4. The molecule has 0 saturated carbocycles. The lowest BCUT2D eigenvalue weighted by molar-refractivity contribution is 0.102. The van der Waals surface area contributed by atoms with Gasteiger partial charge in [0.25, 0.3) is 5.91 Å². The molecule has 0 aliphatic heterocycles. The van der Waals surface area contributed by atoms with Crippen molar-refractivity contribution in [1.82, 2.24) is 0 Å². The Balaban J connectivity index is 1.64. The number of carbonyl (C=O) groups excluding carboxylic acids is 1. The summed E-state index contributed by atoms with van der Waals surface area (Å²) in [7, 11) is -1.89. The van der Waals surface area contributed by atoms with Crippen LogP contribution in [0, 0.1) is 0 Å². The van der Waals surface area contributed by atoms with Crippen molar-refractivity contribution in [3.05, 3.63) is 90.0 Å². The number of carbonyl (C=O) groups is 1. The van der Waals surface area contributed by atoms with E-state index in [1.807, 2.05) is 30.3 Å². The average molecular weight is 427 g/mol. The van der Waals surface area contributed by atoms with Gasteiger partial charge in [0.2, 0.25) is 10.0 Å².